The Morgan fingerprint density at radius 3 is 2.53 bits per heavy atom. The van der Waals surface area contributed by atoms with Gasteiger partial charge in [0.1, 0.15) is 6.04 Å². The first-order valence-corrected chi connectivity index (χ1v) is 5.77. The van der Waals surface area contributed by atoms with Gasteiger partial charge < -0.3 is 20.9 Å². The van der Waals surface area contributed by atoms with Crippen LogP contribution in [0.3, 0.4) is 0 Å². The van der Waals surface area contributed by atoms with Crippen molar-refractivity contribution in [3.8, 4) is 0 Å². The summed E-state index contributed by atoms with van der Waals surface area (Å²) in [5.74, 6) is -1.23. The summed E-state index contributed by atoms with van der Waals surface area (Å²) in [5, 5.41) is 11.7. The van der Waals surface area contributed by atoms with E-state index in [2.05, 4.69) is 5.32 Å². The molecule has 1 aliphatic carbocycles. The third kappa shape index (κ3) is 3.98. The van der Waals surface area contributed by atoms with Gasteiger partial charge in [-0.15, -0.1) is 0 Å². The van der Waals surface area contributed by atoms with Crippen LogP contribution in [0.15, 0.2) is 0 Å². The lowest BCUT2D eigenvalue weighted by Crippen LogP contribution is -2.54. The molecule has 0 saturated heterocycles. The van der Waals surface area contributed by atoms with Gasteiger partial charge in [-0.2, -0.15) is 0 Å². The summed E-state index contributed by atoms with van der Waals surface area (Å²) >= 11 is 0. The van der Waals surface area contributed by atoms with Crippen molar-refractivity contribution >= 4 is 11.9 Å². The Morgan fingerprint density at radius 2 is 2.06 bits per heavy atom. The van der Waals surface area contributed by atoms with Gasteiger partial charge in [0.05, 0.1) is 18.6 Å². The molecule has 1 amide bonds. The van der Waals surface area contributed by atoms with E-state index < -0.39 is 17.6 Å². The Balaban J connectivity index is 2.60. The molecule has 0 aromatic rings. The van der Waals surface area contributed by atoms with Crippen LogP contribution in [0.25, 0.3) is 0 Å². The van der Waals surface area contributed by atoms with Gasteiger partial charge in [0.15, 0.2) is 0 Å². The van der Waals surface area contributed by atoms with Crippen LogP contribution >= 0.6 is 0 Å². The maximum atomic E-state index is 11.8. The summed E-state index contributed by atoms with van der Waals surface area (Å²) in [7, 11) is 1.47. The molecule has 0 aromatic carbocycles. The summed E-state index contributed by atoms with van der Waals surface area (Å²) in [6, 6.07) is -0.744. The number of amides is 1. The van der Waals surface area contributed by atoms with Crippen molar-refractivity contribution < 1.29 is 19.4 Å². The van der Waals surface area contributed by atoms with E-state index in [4.69, 9.17) is 15.6 Å². The third-order valence-electron chi connectivity index (χ3n) is 3.12. The van der Waals surface area contributed by atoms with E-state index in [1.165, 1.54) is 7.11 Å². The lowest BCUT2D eigenvalue weighted by atomic mass is 9.93. The zero-order valence-corrected chi connectivity index (χ0v) is 10.1. The highest BCUT2D eigenvalue weighted by molar-refractivity contribution is 5.83. The first-order valence-electron chi connectivity index (χ1n) is 5.77. The highest BCUT2D eigenvalue weighted by Gasteiger charge is 2.38. The molecule has 0 aliphatic heterocycles. The molecule has 0 aromatic heterocycles. The van der Waals surface area contributed by atoms with Crippen molar-refractivity contribution in [1.82, 2.24) is 5.32 Å². The fourth-order valence-corrected chi connectivity index (χ4v) is 2.30. The monoisotopic (exact) mass is 244 g/mol. The standard InChI is InChI=1S/C11H20N2O4/c1-17-7-8(12)10(16)13-11(6-9(14)15)4-2-3-5-11/h8H,2-7,12H2,1H3,(H,13,16)(H,14,15). The number of nitrogens with two attached hydrogens (primary N) is 1. The molecule has 0 heterocycles. The van der Waals surface area contributed by atoms with Gasteiger partial charge in [-0.1, -0.05) is 12.8 Å². The molecule has 17 heavy (non-hydrogen) atoms. The second-order valence-electron chi connectivity index (χ2n) is 4.61. The minimum atomic E-state index is -0.896. The minimum absolute atomic E-state index is 0.0432. The molecule has 0 bridgehead atoms. The molecular weight excluding hydrogens is 224 g/mol. The van der Waals surface area contributed by atoms with E-state index in [0.717, 1.165) is 12.8 Å². The summed E-state index contributed by atoms with van der Waals surface area (Å²) in [5.41, 5.74) is 4.99. The molecule has 6 heteroatoms. The third-order valence-corrected chi connectivity index (χ3v) is 3.12. The molecule has 1 atom stereocenters. The van der Waals surface area contributed by atoms with E-state index in [1.54, 1.807) is 0 Å². The molecule has 1 saturated carbocycles. The number of ether oxygens (including phenoxy) is 1. The first kappa shape index (κ1) is 13.9. The van der Waals surface area contributed by atoms with Gasteiger partial charge in [-0.3, -0.25) is 9.59 Å². The van der Waals surface area contributed by atoms with Crippen molar-refractivity contribution in [2.75, 3.05) is 13.7 Å². The minimum Gasteiger partial charge on any atom is -0.481 e. The lowest BCUT2D eigenvalue weighted by Gasteiger charge is -2.30. The molecule has 1 unspecified atom stereocenters. The molecule has 0 radical (unpaired) electrons. The quantitative estimate of drug-likeness (QED) is 0.604. The molecule has 6 nitrogen and oxygen atoms in total. The predicted molar refractivity (Wildman–Crippen MR) is 61.4 cm³/mol. The average molecular weight is 244 g/mol. The van der Waals surface area contributed by atoms with Crippen LogP contribution in [0.1, 0.15) is 32.1 Å². The number of rotatable bonds is 6. The fraction of sp³-hybridized carbons (Fsp3) is 0.818. The Hall–Kier alpha value is -1.14. The van der Waals surface area contributed by atoms with Crippen molar-refractivity contribution in [2.45, 2.75) is 43.7 Å². The Kier molecular flexibility index (Phi) is 4.89. The van der Waals surface area contributed by atoms with Gasteiger partial charge >= 0.3 is 5.97 Å². The molecule has 4 N–H and O–H groups in total. The van der Waals surface area contributed by atoms with Gasteiger partial charge in [0.25, 0.3) is 0 Å². The number of carboxylic acid groups (broad SMARTS) is 1. The van der Waals surface area contributed by atoms with Gasteiger partial charge in [-0.25, -0.2) is 0 Å². The predicted octanol–water partition coefficient (Wildman–Crippen LogP) is -0.136. The Labute approximate surface area is 101 Å². The molecular formula is C11H20N2O4. The van der Waals surface area contributed by atoms with Crippen molar-refractivity contribution in [2.24, 2.45) is 5.73 Å². The number of aliphatic carboxylic acids is 1. The summed E-state index contributed by atoms with van der Waals surface area (Å²) in [4.78, 5) is 22.6. The number of carbonyl (C=O) groups excluding carboxylic acids is 1. The van der Waals surface area contributed by atoms with E-state index in [-0.39, 0.29) is 18.9 Å². The average Bonchev–Trinajstić information content (AvgIpc) is 2.65. The van der Waals surface area contributed by atoms with Crippen molar-refractivity contribution in [3.05, 3.63) is 0 Å². The second-order valence-corrected chi connectivity index (χ2v) is 4.61. The Bertz CT molecular complexity index is 287. The van der Waals surface area contributed by atoms with E-state index >= 15 is 0 Å². The van der Waals surface area contributed by atoms with Crippen LogP contribution < -0.4 is 11.1 Å². The van der Waals surface area contributed by atoms with E-state index in [0.29, 0.717) is 12.8 Å². The summed E-state index contributed by atoms with van der Waals surface area (Å²) in [6.07, 6.45) is 3.23. The largest absolute Gasteiger partial charge is 0.481 e. The molecule has 1 rings (SSSR count). The number of nitrogens with one attached hydrogen (secondary N) is 1. The van der Waals surface area contributed by atoms with Crippen LogP contribution in [-0.2, 0) is 14.3 Å². The molecule has 98 valence electrons. The normalized spacial score (nSPS) is 19.9. The SMILES string of the molecule is COCC(N)C(=O)NC1(CC(=O)O)CCCC1. The number of hydrogen-bond acceptors (Lipinski definition) is 4. The number of carbonyl (C=O) groups is 2. The van der Waals surface area contributed by atoms with Crippen LogP contribution in [0.2, 0.25) is 0 Å². The van der Waals surface area contributed by atoms with E-state index in [9.17, 15) is 9.59 Å². The molecule has 1 aliphatic rings. The smallest absolute Gasteiger partial charge is 0.305 e. The van der Waals surface area contributed by atoms with Crippen molar-refractivity contribution in [3.63, 3.8) is 0 Å². The van der Waals surface area contributed by atoms with E-state index in [1.807, 2.05) is 0 Å². The topological polar surface area (TPSA) is 102 Å². The second kappa shape index (κ2) is 5.97. The molecule has 0 spiro atoms. The summed E-state index contributed by atoms with van der Waals surface area (Å²) < 4.78 is 4.80. The highest BCUT2D eigenvalue weighted by atomic mass is 16.5. The lowest BCUT2D eigenvalue weighted by molar-refractivity contribution is -0.139. The summed E-state index contributed by atoms with van der Waals surface area (Å²) in [6.45, 7) is 0.134. The zero-order chi connectivity index (χ0) is 12.9. The van der Waals surface area contributed by atoms with Crippen LogP contribution in [0.4, 0.5) is 0 Å². The Morgan fingerprint density at radius 1 is 1.47 bits per heavy atom. The van der Waals surface area contributed by atoms with Gasteiger partial charge in [0, 0.05) is 7.11 Å². The maximum absolute atomic E-state index is 11.8. The van der Waals surface area contributed by atoms with Crippen LogP contribution in [0, 0.1) is 0 Å². The van der Waals surface area contributed by atoms with Crippen LogP contribution in [-0.4, -0.2) is 42.3 Å². The fourth-order valence-electron chi connectivity index (χ4n) is 2.30. The van der Waals surface area contributed by atoms with Crippen molar-refractivity contribution in [1.29, 1.82) is 0 Å². The highest BCUT2D eigenvalue weighted by Crippen LogP contribution is 2.32. The zero-order valence-electron chi connectivity index (χ0n) is 10.1. The van der Waals surface area contributed by atoms with Gasteiger partial charge in [-0.05, 0) is 12.8 Å². The van der Waals surface area contributed by atoms with Gasteiger partial charge in [0.2, 0.25) is 5.91 Å². The number of carboxylic acids is 1. The number of hydrogen-bond donors (Lipinski definition) is 3. The maximum Gasteiger partial charge on any atom is 0.305 e. The first-order chi connectivity index (χ1) is 7.99. The number of methoxy groups -OCH3 is 1. The van der Waals surface area contributed by atoms with Crippen LogP contribution in [0.5, 0.6) is 0 Å². The molecule has 1 fully saturated rings.